The number of rotatable bonds is 6. The Kier molecular flexibility index (Phi) is 6.74. The number of allylic oxidation sites excluding steroid dienone is 4. The zero-order valence-corrected chi connectivity index (χ0v) is 18.6. The fraction of sp³-hybridized carbons (Fsp3) is 0.150. The highest BCUT2D eigenvalue weighted by molar-refractivity contribution is 7.99. The van der Waals surface area contributed by atoms with Crippen LogP contribution in [0, 0.1) is 0 Å². The SMILES string of the molecule is CC(F)=CC=C(C)c1nc(-c2ccc(S(C)(=O)=O)nc2)c(Sc2ccc(Cl)cn2)o1. The largest absolute Gasteiger partial charge is 0.429 e. The molecule has 3 heterocycles. The molecule has 0 saturated heterocycles. The van der Waals surface area contributed by atoms with Gasteiger partial charge in [0, 0.05) is 29.8 Å². The van der Waals surface area contributed by atoms with Crippen molar-refractivity contribution in [3.05, 3.63) is 65.6 Å². The number of sulfone groups is 1. The van der Waals surface area contributed by atoms with E-state index < -0.39 is 9.84 Å². The van der Waals surface area contributed by atoms with Crippen molar-refractivity contribution in [3.8, 4) is 11.3 Å². The fourth-order valence-electron chi connectivity index (χ4n) is 2.29. The van der Waals surface area contributed by atoms with E-state index in [1.54, 1.807) is 31.2 Å². The van der Waals surface area contributed by atoms with E-state index in [1.165, 1.54) is 43.2 Å². The fourth-order valence-corrected chi connectivity index (χ4v) is 3.78. The van der Waals surface area contributed by atoms with Crippen LogP contribution in [0.3, 0.4) is 0 Å². The van der Waals surface area contributed by atoms with E-state index in [9.17, 15) is 12.8 Å². The highest BCUT2D eigenvalue weighted by Crippen LogP contribution is 2.37. The second kappa shape index (κ2) is 9.11. The van der Waals surface area contributed by atoms with Gasteiger partial charge in [-0.3, -0.25) is 0 Å². The van der Waals surface area contributed by atoms with Gasteiger partial charge < -0.3 is 4.42 Å². The van der Waals surface area contributed by atoms with Crippen LogP contribution in [0.1, 0.15) is 19.7 Å². The summed E-state index contributed by atoms with van der Waals surface area (Å²) in [4.78, 5) is 12.8. The summed E-state index contributed by atoms with van der Waals surface area (Å²) < 4.78 is 42.3. The lowest BCUT2D eigenvalue weighted by Gasteiger charge is -2.02. The third kappa shape index (κ3) is 5.56. The number of hydrogen-bond acceptors (Lipinski definition) is 7. The van der Waals surface area contributed by atoms with Crippen molar-refractivity contribution in [2.75, 3.05) is 6.26 Å². The molecule has 0 spiro atoms. The van der Waals surface area contributed by atoms with E-state index in [1.807, 2.05) is 0 Å². The standard InChI is InChI=1S/C20H17ClFN3O3S2/c1-12(4-5-13(2)22)19-25-18(14-6-9-17(24-10-14)30(3,26)27)20(28-19)29-16-8-7-15(21)11-23-16/h4-11H,1-3H3. The molecule has 0 atom stereocenters. The summed E-state index contributed by atoms with van der Waals surface area (Å²) in [6, 6.07) is 6.46. The van der Waals surface area contributed by atoms with Crippen LogP contribution in [0.15, 0.2) is 74.2 Å². The predicted octanol–water partition coefficient (Wildman–Crippen LogP) is 5.62. The number of halogens is 2. The van der Waals surface area contributed by atoms with Crippen LogP contribution >= 0.6 is 23.4 Å². The first-order valence-electron chi connectivity index (χ1n) is 8.61. The number of oxazole rings is 1. The molecule has 10 heteroatoms. The van der Waals surface area contributed by atoms with E-state index in [4.69, 9.17) is 16.0 Å². The van der Waals surface area contributed by atoms with Crippen molar-refractivity contribution in [1.29, 1.82) is 0 Å². The molecule has 0 saturated carbocycles. The minimum Gasteiger partial charge on any atom is -0.429 e. The van der Waals surface area contributed by atoms with Crippen molar-refractivity contribution in [1.82, 2.24) is 15.0 Å². The van der Waals surface area contributed by atoms with Gasteiger partial charge in [0.1, 0.15) is 10.7 Å². The first-order chi connectivity index (χ1) is 14.1. The Morgan fingerprint density at radius 1 is 1.13 bits per heavy atom. The maximum Gasteiger partial charge on any atom is 0.223 e. The number of pyridine rings is 2. The van der Waals surface area contributed by atoms with Gasteiger partial charge in [0.15, 0.2) is 20.0 Å². The lowest BCUT2D eigenvalue weighted by molar-refractivity contribution is 0.458. The Morgan fingerprint density at radius 2 is 1.90 bits per heavy atom. The molecule has 6 nitrogen and oxygen atoms in total. The summed E-state index contributed by atoms with van der Waals surface area (Å²) >= 11 is 7.12. The molecule has 3 aromatic rings. The van der Waals surface area contributed by atoms with Gasteiger partial charge >= 0.3 is 0 Å². The molecule has 156 valence electrons. The van der Waals surface area contributed by atoms with Crippen LogP contribution in [0.5, 0.6) is 0 Å². The molecule has 0 bridgehead atoms. The highest BCUT2D eigenvalue weighted by atomic mass is 35.5. The first kappa shape index (κ1) is 22.2. The molecule has 0 N–H and O–H groups in total. The monoisotopic (exact) mass is 465 g/mol. The molecule has 30 heavy (non-hydrogen) atoms. The van der Waals surface area contributed by atoms with Crippen molar-refractivity contribution >= 4 is 38.8 Å². The second-order valence-electron chi connectivity index (χ2n) is 6.33. The molecule has 0 aromatic carbocycles. The normalized spacial score (nSPS) is 13.0. The molecule has 0 amide bonds. The lowest BCUT2D eigenvalue weighted by Crippen LogP contribution is -1.99. The smallest absolute Gasteiger partial charge is 0.223 e. The van der Waals surface area contributed by atoms with Gasteiger partial charge in [-0.15, -0.1) is 0 Å². The summed E-state index contributed by atoms with van der Waals surface area (Å²) in [6.07, 6.45) is 6.90. The van der Waals surface area contributed by atoms with E-state index in [0.29, 0.717) is 37.9 Å². The van der Waals surface area contributed by atoms with Crippen LogP contribution < -0.4 is 0 Å². The lowest BCUT2D eigenvalue weighted by atomic mass is 10.2. The quantitative estimate of drug-likeness (QED) is 0.437. The van der Waals surface area contributed by atoms with Crippen LogP contribution in [0.4, 0.5) is 4.39 Å². The minimum absolute atomic E-state index is 0.0387. The van der Waals surface area contributed by atoms with Crippen molar-refractivity contribution in [2.45, 2.75) is 29.0 Å². The Labute approximate surface area is 182 Å². The maximum absolute atomic E-state index is 13.1. The molecule has 0 aliphatic rings. The van der Waals surface area contributed by atoms with Gasteiger partial charge in [0.05, 0.1) is 10.8 Å². The highest BCUT2D eigenvalue weighted by Gasteiger charge is 2.19. The summed E-state index contributed by atoms with van der Waals surface area (Å²) in [5.41, 5.74) is 1.65. The average molecular weight is 466 g/mol. The first-order valence-corrected chi connectivity index (χ1v) is 11.7. The number of hydrogen-bond donors (Lipinski definition) is 0. The summed E-state index contributed by atoms with van der Waals surface area (Å²) in [7, 11) is -3.42. The summed E-state index contributed by atoms with van der Waals surface area (Å²) in [6.45, 7) is 3.09. The zero-order chi connectivity index (χ0) is 21.9. The number of nitrogens with zero attached hydrogens (tertiary/aromatic N) is 3. The van der Waals surface area contributed by atoms with E-state index in [0.717, 1.165) is 6.26 Å². The molecule has 0 radical (unpaired) electrons. The molecular formula is C20H17ClFN3O3S2. The van der Waals surface area contributed by atoms with Gasteiger partial charge in [-0.05, 0) is 56.0 Å². The van der Waals surface area contributed by atoms with Crippen LogP contribution in [0.25, 0.3) is 16.8 Å². The van der Waals surface area contributed by atoms with Crippen LogP contribution in [-0.2, 0) is 9.84 Å². The molecule has 0 unspecified atom stereocenters. The third-order valence-electron chi connectivity index (χ3n) is 3.78. The summed E-state index contributed by atoms with van der Waals surface area (Å²) in [5, 5.41) is 1.53. The molecule has 0 aliphatic heterocycles. The maximum atomic E-state index is 13.1. The Morgan fingerprint density at radius 3 is 2.47 bits per heavy atom. The Bertz CT molecular complexity index is 1220. The molecule has 3 rings (SSSR count). The van der Waals surface area contributed by atoms with E-state index in [-0.39, 0.29) is 10.9 Å². The Balaban J connectivity index is 2.05. The second-order valence-corrected chi connectivity index (χ2v) is 9.72. The van der Waals surface area contributed by atoms with Gasteiger partial charge in [0.25, 0.3) is 0 Å². The van der Waals surface area contributed by atoms with Crippen molar-refractivity contribution in [3.63, 3.8) is 0 Å². The molecule has 0 fully saturated rings. The zero-order valence-electron chi connectivity index (χ0n) is 16.3. The van der Waals surface area contributed by atoms with Crippen LogP contribution in [-0.4, -0.2) is 29.6 Å². The molecule has 3 aromatic heterocycles. The van der Waals surface area contributed by atoms with E-state index in [2.05, 4.69) is 15.0 Å². The third-order valence-corrected chi connectivity index (χ3v) is 5.92. The van der Waals surface area contributed by atoms with Crippen molar-refractivity contribution in [2.24, 2.45) is 0 Å². The van der Waals surface area contributed by atoms with Gasteiger partial charge in [0.2, 0.25) is 5.89 Å². The average Bonchev–Trinajstić information content (AvgIpc) is 3.11. The molecular weight excluding hydrogens is 449 g/mol. The molecule has 0 aliphatic carbocycles. The van der Waals surface area contributed by atoms with Gasteiger partial charge in [-0.2, -0.15) is 0 Å². The van der Waals surface area contributed by atoms with Gasteiger partial charge in [-0.25, -0.2) is 27.8 Å². The topological polar surface area (TPSA) is 86.0 Å². The van der Waals surface area contributed by atoms with E-state index >= 15 is 0 Å². The predicted molar refractivity (Wildman–Crippen MR) is 115 cm³/mol. The number of aromatic nitrogens is 3. The summed E-state index contributed by atoms with van der Waals surface area (Å²) in [5.74, 6) is -0.0483. The van der Waals surface area contributed by atoms with Crippen LogP contribution in [0.2, 0.25) is 5.02 Å². The Hall–Kier alpha value is -2.49. The minimum atomic E-state index is -3.42. The van der Waals surface area contributed by atoms with Crippen molar-refractivity contribution < 1.29 is 17.2 Å². The van der Waals surface area contributed by atoms with Gasteiger partial charge in [-0.1, -0.05) is 17.7 Å².